The normalized spacial score (nSPS) is 17.1. The minimum atomic E-state index is -4.26. The lowest BCUT2D eigenvalue weighted by atomic mass is 9.90. The zero-order valence-corrected chi connectivity index (χ0v) is 13.2. The van der Waals surface area contributed by atoms with E-state index in [0.717, 1.165) is 36.0 Å². The van der Waals surface area contributed by atoms with E-state index in [1.54, 1.807) is 6.07 Å². The summed E-state index contributed by atoms with van der Waals surface area (Å²) in [5.41, 5.74) is 0.661. The van der Waals surface area contributed by atoms with E-state index in [0.29, 0.717) is 5.92 Å². The number of fused-ring (bicyclic) bond motifs is 1. The molecule has 3 rings (SSSR count). The quantitative estimate of drug-likeness (QED) is 0.752. The van der Waals surface area contributed by atoms with Gasteiger partial charge < -0.3 is 5.32 Å². The average Bonchev–Trinajstić information content (AvgIpc) is 2.81. The molecular weight excluding hydrogens is 351 g/mol. The Morgan fingerprint density at radius 3 is 2.50 bits per heavy atom. The number of alkyl halides is 3. The van der Waals surface area contributed by atoms with Gasteiger partial charge in [-0.2, -0.15) is 13.2 Å². The first-order valence-corrected chi connectivity index (χ1v) is 7.23. The van der Waals surface area contributed by atoms with Gasteiger partial charge in [0.2, 0.25) is 0 Å². The Labute approximate surface area is 129 Å². The maximum Gasteiger partial charge on any atom is 0.416 e. The number of rotatable bonds is 1. The molecule has 0 spiro atoms. The molecule has 1 nitrogen and oxygen atoms in total. The van der Waals surface area contributed by atoms with Crippen LogP contribution in [0.5, 0.6) is 0 Å². The molecule has 1 aliphatic rings. The summed E-state index contributed by atoms with van der Waals surface area (Å²) in [5, 5.41) is 6.33. The molecule has 0 atom stereocenters. The third-order valence-electron chi connectivity index (χ3n) is 3.71. The number of benzene rings is 1. The maximum atomic E-state index is 12.7. The maximum absolute atomic E-state index is 12.7. The molecule has 2 heterocycles. The highest BCUT2D eigenvalue weighted by Gasteiger charge is 2.31. The van der Waals surface area contributed by atoms with Crippen LogP contribution in [0.4, 0.5) is 13.2 Å². The minimum Gasteiger partial charge on any atom is -0.317 e. The molecule has 1 aliphatic heterocycles. The second kappa shape index (κ2) is 6.03. The van der Waals surface area contributed by atoms with Crippen LogP contribution in [0.2, 0.25) is 0 Å². The van der Waals surface area contributed by atoms with Crippen LogP contribution in [0.25, 0.3) is 10.1 Å². The average molecular weight is 366 g/mol. The van der Waals surface area contributed by atoms with Gasteiger partial charge in [0.15, 0.2) is 0 Å². The van der Waals surface area contributed by atoms with Crippen molar-refractivity contribution >= 4 is 38.4 Å². The molecule has 0 aliphatic carbocycles. The van der Waals surface area contributed by atoms with E-state index in [9.17, 15) is 13.2 Å². The Morgan fingerprint density at radius 1 is 1.15 bits per heavy atom. The molecular formula is C14H15BrF3NS. The van der Waals surface area contributed by atoms with Crippen molar-refractivity contribution in [3.8, 4) is 0 Å². The number of halogens is 4. The first-order valence-electron chi connectivity index (χ1n) is 6.35. The fourth-order valence-corrected chi connectivity index (χ4v) is 3.76. The molecule has 0 saturated carbocycles. The van der Waals surface area contributed by atoms with Gasteiger partial charge >= 0.3 is 6.18 Å². The highest BCUT2D eigenvalue weighted by molar-refractivity contribution is 8.93. The number of piperidine rings is 1. The van der Waals surface area contributed by atoms with E-state index in [1.165, 1.54) is 29.0 Å². The monoisotopic (exact) mass is 365 g/mol. The Bertz CT molecular complexity index is 588. The minimum absolute atomic E-state index is 0. The lowest BCUT2D eigenvalue weighted by molar-refractivity contribution is -0.137. The summed E-state index contributed by atoms with van der Waals surface area (Å²) in [7, 11) is 0. The van der Waals surface area contributed by atoms with Crippen molar-refractivity contribution in [3.63, 3.8) is 0 Å². The van der Waals surface area contributed by atoms with Crippen LogP contribution in [-0.2, 0) is 6.18 Å². The first kappa shape index (κ1) is 15.8. The molecule has 2 aromatic rings. The molecule has 110 valence electrons. The second-order valence-corrected chi connectivity index (χ2v) is 5.84. The molecule has 0 amide bonds. The molecule has 0 unspecified atom stereocenters. The molecule has 0 radical (unpaired) electrons. The predicted octanol–water partition coefficient (Wildman–Crippen LogP) is 4.97. The van der Waals surface area contributed by atoms with Crippen molar-refractivity contribution in [2.24, 2.45) is 0 Å². The predicted molar refractivity (Wildman–Crippen MR) is 82.0 cm³/mol. The van der Waals surface area contributed by atoms with Gasteiger partial charge in [-0.1, -0.05) is 6.07 Å². The highest BCUT2D eigenvalue weighted by atomic mass is 79.9. The summed E-state index contributed by atoms with van der Waals surface area (Å²) in [6.07, 6.45) is -2.13. The van der Waals surface area contributed by atoms with Crippen molar-refractivity contribution in [2.45, 2.75) is 24.9 Å². The number of hydrogen-bond acceptors (Lipinski definition) is 2. The Morgan fingerprint density at radius 2 is 1.85 bits per heavy atom. The van der Waals surface area contributed by atoms with Crippen molar-refractivity contribution in [1.82, 2.24) is 5.32 Å². The van der Waals surface area contributed by atoms with Crippen LogP contribution < -0.4 is 5.32 Å². The Kier molecular flexibility index (Phi) is 4.76. The van der Waals surface area contributed by atoms with Gasteiger partial charge in [0, 0.05) is 4.70 Å². The molecule has 1 N–H and O–H groups in total. The molecule has 1 aromatic heterocycles. The summed E-state index contributed by atoms with van der Waals surface area (Å²) in [6, 6.07) is 4.09. The van der Waals surface area contributed by atoms with Crippen molar-refractivity contribution in [1.29, 1.82) is 0 Å². The van der Waals surface area contributed by atoms with Crippen LogP contribution in [0.3, 0.4) is 0 Å². The van der Waals surface area contributed by atoms with E-state index in [-0.39, 0.29) is 17.0 Å². The largest absolute Gasteiger partial charge is 0.416 e. The van der Waals surface area contributed by atoms with E-state index >= 15 is 0 Å². The van der Waals surface area contributed by atoms with Crippen LogP contribution >= 0.6 is 28.3 Å². The molecule has 1 fully saturated rings. The van der Waals surface area contributed by atoms with E-state index < -0.39 is 11.7 Å². The summed E-state index contributed by atoms with van der Waals surface area (Å²) in [5.74, 6) is 0.478. The van der Waals surface area contributed by atoms with Gasteiger partial charge in [0.25, 0.3) is 0 Å². The van der Waals surface area contributed by atoms with Gasteiger partial charge in [0.05, 0.1) is 5.56 Å². The van der Waals surface area contributed by atoms with Crippen molar-refractivity contribution < 1.29 is 13.2 Å². The molecule has 20 heavy (non-hydrogen) atoms. The van der Waals surface area contributed by atoms with Crippen LogP contribution in [0, 0.1) is 0 Å². The molecule has 6 heteroatoms. The Balaban J connectivity index is 0.00000147. The van der Waals surface area contributed by atoms with Crippen LogP contribution in [0.15, 0.2) is 23.6 Å². The number of nitrogens with one attached hydrogen (secondary N) is 1. The van der Waals surface area contributed by atoms with Gasteiger partial charge in [-0.25, -0.2) is 0 Å². The zero-order valence-electron chi connectivity index (χ0n) is 10.7. The summed E-state index contributed by atoms with van der Waals surface area (Å²) in [4.78, 5) is 0. The van der Waals surface area contributed by atoms with E-state index in [2.05, 4.69) is 5.32 Å². The smallest absolute Gasteiger partial charge is 0.317 e. The Hall–Kier alpha value is -0.590. The first-order chi connectivity index (χ1) is 9.05. The number of thiophene rings is 1. The molecule has 1 aromatic carbocycles. The molecule has 0 bridgehead atoms. The summed E-state index contributed by atoms with van der Waals surface area (Å²) >= 11 is 1.42. The third-order valence-corrected chi connectivity index (χ3v) is 4.68. The second-order valence-electron chi connectivity index (χ2n) is 4.92. The van der Waals surface area contributed by atoms with Crippen molar-refractivity contribution in [2.75, 3.05) is 13.1 Å². The lowest BCUT2D eigenvalue weighted by Crippen LogP contribution is -2.26. The zero-order chi connectivity index (χ0) is 13.5. The van der Waals surface area contributed by atoms with E-state index in [4.69, 9.17) is 0 Å². The van der Waals surface area contributed by atoms with Gasteiger partial charge in [-0.3, -0.25) is 0 Å². The van der Waals surface area contributed by atoms with Crippen LogP contribution in [-0.4, -0.2) is 13.1 Å². The topological polar surface area (TPSA) is 12.0 Å². The fourth-order valence-electron chi connectivity index (χ4n) is 2.67. The molecule has 1 saturated heterocycles. The fraction of sp³-hybridized carbons (Fsp3) is 0.429. The number of hydrogen-bond donors (Lipinski definition) is 1. The standard InChI is InChI=1S/C14H14F3NS.BrH/c15-14(16,17)10-1-2-11-12(8-19-13(11)7-10)9-3-5-18-6-4-9;/h1-2,7-9,18H,3-6H2;1H. The van der Waals surface area contributed by atoms with Crippen LogP contribution in [0.1, 0.15) is 29.9 Å². The van der Waals surface area contributed by atoms with Gasteiger partial charge in [-0.15, -0.1) is 28.3 Å². The van der Waals surface area contributed by atoms with E-state index in [1.807, 2.05) is 5.38 Å². The lowest BCUT2D eigenvalue weighted by Gasteiger charge is -2.22. The third kappa shape index (κ3) is 3.02. The summed E-state index contributed by atoms with van der Waals surface area (Å²) in [6.45, 7) is 1.98. The summed E-state index contributed by atoms with van der Waals surface area (Å²) < 4.78 is 38.8. The van der Waals surface area contributed by atoms with Gasteiger partial charge in [0.1, 0.15) is 0 Å². The SMILES string of the molecule is Br.FC(F)(F)c1ccc2c(C3CCNCC3)csc2c1. The van der Waals surface area contributed by atoms with Crippen molar-refractivity contribution in [3.05, 3.63) is 34.7 Å². The van der Waals surface area contributed by atoms with Gasteiger partial charge in [-0.05, 0) is 60.3 Å². The highest BCUT2D eigenvalue weighted by Crippen LogP contribution is 2.38.